The molecule has 0 aliphatic heterocycles. The first-order valence-corrected chi connectivity index (χ1v) is 5.51. The summed E-state index contributed by atoms with van der Waals surface area (Å²) in [6.07, 6.45) is 2.48. The molecule has 0 saturated heterocycles. The maximum atomic E-state index is 13.2. The zero-order valence-corrected chi connectivity index (χ0v) is 10.8. The third-order valence-corrected chi connectivity index (χ3v) is 2.66. The third-order valence-electron chi connectivity index (χ3n) is 2.66. The smallest absolute Gasteiger partial charge is 0.124 e. The monoisotopic (exact) mass is 262 g/mol. The molecule has 1 aromatic rings. The standard InChI is InChI=1S/C12H19FN2O.ClH/c1-8-6-9(13)7-10(12(8)16)11(15)4-2-3-5-14;/h6-7,11,16H,2-5,14-15H2,1H3;1H/t11-;/m0./s1. The minimum absolute atomic E-state index is 0. The van der Waals surface area contributed by atoms with E-state index in [9.17, 15) is 9.50 Å². The van der Waals surface area contributed by atoms with E-state index < -0.39 is 0 Å². The van der Waals surface area contributed by atoms with Gasteiger partial charge in [0.1, 0.15) is 11.6 Å². The Hall–Kier alpha value is -0.840. The van der Waals surface area contributed by atoms with Crippen molar-refractivity contribution in [3.05, 3.63) is 29.1 Å². The molecule has 0 unspecified atom stereocenters. The van der Waals surface area contributed by atoms with Crippen molar-refractivity contribution in [3.8, 4) is 5.75 Å². The second-order valence-electron chi connectivity index (χ2n) is 4.05. The van der Waals surface area contributed by atoms with Gasteiger partial charge in [-0.1, -0.05) is 6.42 Å². The molecule has 0 fully saturated rings. The molecule has 1 rings (SSSR count). The SMILES string of the molecule is Cc1cc(F)cc([C@@H](N)CCCCN)c1O.Cl. The molecular formula is C12H20ClFN2O. The Balaban J connectivity index is 0.00000256. The highest BCUT2D eigenvalue weighted by Gasteiger charge is 2.13. The van der Waals surface area contributed by atoms with Gasteiger partial charge in [0.05, 0.1) is 0 Å². The van der Waals surface area contributed by atoms with Crippen molar-refractivity contribution >= 4 is 12.4 Å². The minimum atomic E-state index is -0.362. The van der Waals surface area contributed by atoms with Gasteiger partial charge >= 0.3 is 0 Å². The normalized spacial score (nSPS) is 12.0. The number of phenolic OH excluding ortho intramolecular Hbond substituents is 1. The van der Waals surface area contributed by atoms with Crippen LogP contribution in [0.15, 0.2) is 12.1 Å². The van der Waals surface area contributed by atoms with Gasteiger partial charge in [0.2, 0.25) is 0 Å². The number of aromatic hydroxyl groups is 1. The van der Waals surface area contributed by atoms with Crippen LogP contribution in [-0.4, -0.2) is 11.7 Å². The summed E-state index contributed by atoms with van der Waals surface area (Å²) in [5.74, 6) is -0.263. The maximum Gasteiger partial charge on any atom is 0.124 e. The van der Waals surface area contributed by atoms with E-state index in [0.29, 0.717) is 24.1 Å². The van der Waals surface area contributed by atoms with Crippen LogP contribution in [0.2, 0.25) is 0 Å². The molecule has 0 aromatic heterocycles. The zero-order chi connectivity index (χ0) is 12.1. The largest absolute Gasteiger partial charge is 0.507 e. The van der Waals surface area contributed by atoms with Crippen LogP contribution < -0.4 is 11.5 Å². The summed E-state index contributed by atoms with van der Waals surface area (Å²) < 4.78 is 13.2. The number of hydrogen-bond donors (Lipinski definition) is 3. The Kier molecular flexibility index (Phi) is 7.11. The van der Waals surface area contributed by atoms with E-state index in [0.717, 1.165) is 12.8 Å². The molecule has 0 radical (unpaired) electrons. The first-order valence-electron chi connectivity index (χ1n) is 5.51. The van der Waals surface area contributed by atoms with Gasteiger partial charge in [0, 0.05) is 11.6 Å². The van der Waals surface area contributed by atoms with Crippen LogP contribution in [0, 0.1) is 12.7 Å². The number of hydrogen-bond acceptors (Lipinski definition) is 3. The van der Waals surface area contributed by atoms with Crippen molar-refractivity contribution in [1.82, 2.24) is 0 Å². The van der Waals surface area contributed by atoms with Crippen molar-refractivity contribution in [1.29, 1.82) is 0 Å². The van der Waals surface area contributed by atoms with E-state index in [2.05, 4.69) is 0 Å². The van der Waals surface area contributed by atoms with E-state index in [1.54, 1.807) is 6.92 Å². The van der Waals surface area contributed by atoms with Crippen molar-refractivity contribution in [2.45, 2.75) is 32.2 Å². The molecule has 0 aliphatic rings. The van der Waals surface area contributed by atoms with Gasteiger partial charge < -0.3 is 16.6 Å². The molecule has 0 spiro atoms. The number of unbranched alkanes of at least 4 members (excludes halogenated alkanes) is 1. The highest BCUT2D eigenvalue weighted by molar-refractivity contribution is 5.85. The third kappa shape index (κ3) is 4.50. The van der Waals surface area contributed by atoms with Gasteiger partial charge in [-0.3, -0.25) is 0 Å². The number of aryl methyl sites for hydroxylation is 1. The van der Waals surface area contributed by atoms with Crippen LogP contribution in [0.5, 0.6) is 5.75 Å². The van der Waals surface area contributed by atoms with Crippen LogP contribution in [0.1, 0.15) is 36.4 Å². The number of benzene rings is 1. The van der Waals surface area contributed by atoms with Crippen LogP contribution in [0.4, 0.5) is 4.39 Å². The number of nitrogens with two attached hydrogens (primary N) is 2. The average molecular weight is 263 g/mol. The molecule has 0 saturated carbocycles. The Bertz CT molecular complexity index is 361. The predicted octanol–water partition coefficient (Wildman–Crippen LogP) is 2.39. The van der Waals surface area contributed by atoms with Crippen LogP contribution in [0.3, 0.4) is 0 Å². The Morgan fingerprint density at radius 3 is 2.59 bits per heavy atom. The van der Waals surface area contributed by atoms with Crippen molar-refractivity contribution in [2.75, 3.05) is 6.54 Å². The van der Waals surface area contributed by atoms with Gasteiger partial charge in [0.25, 0.3) is 0 Å². The van der Waals surface area contributed by atoms with Crippen molar-refractivity contribution < 1.29 is 9.50 Å². The fraction of sp³-hybridized carbons (Fsp3) is 0.500. The Morgan fingerprint density at radius 1 is 1.35 bits per heavy atom. The van der Waals surface area contributed by atoms with Gasteiger partial charge in [-0.15, -0.1) is 12.4 Å². The molecule has 5 heteroatoms. The van der Waals surface area contributed by atoms with Crippen LogP contribution >= 0.6 is 12.4 Å². The van der Waals surface area contributed by atoms with E-state index in [1.807, 2.05) is 0 Å². The van der Waals surface area contributed by atoms with Gasteiger partial charge in [-0.05, 0) is 44.0 Å². The van der Waals surface area contributed by atoms with Gasteiger partial charge in [-0.25, -0.2) is 4.39 Å². The molecule has 1 aromatic carbocycles. The molecule has 5 N–H and O–H groups in total. The van der Waals surface area contributed by atoms with E-state index in [-0.39, 0.29) is 30.0 Å². The van der Waals surface area contributed by atoms with E-state index in [4.69, 9.17) is 11.5 Å². The molecule has 98 valence electrons. The van der Waals surface area contributed by atoms with Crippen LogP contribution in [-0.2, 0) is 0 Å². The summed E-state index contributed by atoms with van der Waals surface area (Å²) in [7, 11) is 0. The molecule has 0 aliphatic carbocycles. The second kappa shape index (κ2) is 7.48. The van der Waals surface area contributed by atoms with Crippen molar-refractivity contribution in [3.63, 3.8) is 0 Å². The zero-order valence-electron chi connectivity index (χ0n) is 9.95. The second-order valence-corrected chi connectivity index (χ2v) is 4.05. The molecule has 0 amide bonds. The number of rotatable bonds is 5. The maximum absolute atomic E-state index is 13.2. The van der Waals surface area contributed by atoms with Crippen LogP contribution in [0.25, 0.3) is 0 Å². The first kappa shape index (κ1) is 16.2. The van der Waals surface area contributed by atoms with Crippen molar-refractivity contribution in [2.24, 2.45) is 11.5 Å². The van der Waals surface area contributed by atoms with Gasteiger partial charge in [0.15, 0.2) is 0 Å². The molecule has 3 nitrogen and oxygen atoms in total. The predicted molar refractivity (Wildman–Crippen MR) is 69.9 cm³/mol. The topological polar surface area (TPSA) is 72.3 Å². The van der Waals surface area contributed by atoms with Gasteiger partial charge in [-0.2, -0.15) is 0 Å². The highest BCUT2D eigenvalue weighted by atomic mass is 35.5. The Morgan fingerprint density at radius 2 is 2.00 bits per heavy atom. The summed E-state index contributed by atoms with van der Waals surface area (Å²) in [4.78, 5) is 0. The fourth-order valence-electron chi connectivity index (χ4n) is 1.71. The lowest BCUT2D eigenvalue weighted by atomic mass is 9.98. The number of phenols is 1. The summed E-state index contributed by atoms with van der Waals surface area (Å²) in [5, 5.41) is 9.78. The van der Waals surface area contributed by atoms with E-state index >= 15 is 0 Å². The summed E-state index contributed by atoms with van der Waals surface area (Å²) >= 11 is 0. The lowest BCUT2D eigenvalue weighted by Crippen LogP contribution is -2.12. The lowest BCUT2D eigenvalue weighted by Gasteiger charge is -2.15. The quantitative estimate of drug-likeness (QED) is 0.714. The number of halogens is 2. The minimum Gasteiger partial charge on any atom is -0.507 e. The Labute approximate surface area is 107 Å². The lowest BCUT2D eigenvalue weighted by molar-refractivity contribution is 0.448. The fourth-order valence-corrected chi connectivity index (χ4v) is 1.71. The molecular weight excluding hydrogens is 243 g/mol. The highest BCUT2D eigenvalue weighted by Crippen LogP contribution is 2.29. The van der Waals surface area contributed by atoms with E-state index in [1.165, 1.54) is 12.1 Å². The first-order chi connectivity index (χ1) is 7.56. The summed E-state index contributed by atoms with van der Waals surface area (Å²) in [5.41, 5.74) is 12.3. The summed E-state index contributed by atoms with van der Waals surface area (Å²) in [6, 6.07) is 2.27. The average Bonchev–Trinajstić information content (AvgIpc) is 2.23. The molecule has 1 atom stereocenters. The molecule has 0 bridgehead atoms. The molecule has 17 heavy (non-hydrogen) atoms. The summed E-state index contributed by atoms with van der Waals surface area (Å²) in [6.45, 7) is 2.29. The molecule has 0 heterocycles.